The number of hydrogen-bond acceptors (Lipinski definition) is 6. The van der Waals surface area contributed by atoms with Crippen molar-refractivity contribution in [3.63, 3.8) is 0 Å². The van der Waals surface area contributed by atoms with Crippen molar-refractivity contribution in [3.05, 3.63) is 54.1 Å². The molecule has 4 aromatic rings. The molecule has 0 bridgehead atoms. The fraction of sp³-hybridized carbons (Fsp3) is 0.200. The van der Waals surface area contributed by atoms with Crippen LogP contribution in [0.2, 0.25) is 0 Å². The molecule has 26 heavy (non-hydrogen) atoms. The summed E-state index contributed by atoms with van der Waals surface area (Å²) in [5.41, 5.74) is 2.92. The molecule has 0 spiro atoms. The molecule has 128 valence electrons. The van der Waals surface area contributed by atoms with Crippen LogP contribution in [0.1, 0.15) is 18.4 Å². The number of para-hydroxylation sites is 1. The van der Waals surface area contributed by atoms with Gasteiger partial charge in [0, 0.05) is 17.0 Å². The fourth-order valence-corrected chi connectivity index (χ4v) is 2.83. The molecule has 0 saturated heterocycles. The minimum Gasteiger partial charge on any atom is -0.413 e. The van der Waals surface area contributed by atoms with Crippen LogP contribution in [0.15, 0.2) is 52.9 Å². The molecule has 5 rings (SSSR count). The average molecular weight is 343 g/mol. The Hall–Kier alpha value is -3.28. The van der Waals surface area contributed by atoms with E-state index in [1.165, 1.54) is 18.4 Å². The van der Waals surface area contributed by atoms with Gasteiger partial charge in [-0.3, -0.25) is 0 Å². The minimum absolute atomic E-state index is 0.324. The average Bonchev–Trinajstić information content (AvgIpc) is 3.34. The minimum atomic E-state index is 0.324. The van der Waals surface area contributed by atoms with Crippen LogP contribution in [0.5, 0.6) is 0 Å². The molecule has 0 unspecified atom stereocenters. The van der Waals surface area contributed by atoms with E-state index in [2.05, 4.69) is 25.5 Å². The third-order valence-corrected chi connectivity index (χ3v) is 4.44. The van der Waals surface area contributed by atoms with Crippen molar-refractivity contribution in [2.75, 3.05) is 5.32 Å². The van der Waals surface area contributed by atoms with Gasteiger partial charge in [-0.2, -0.15) is 0 Å². The Kier molecular flexibility index (Phi) is 3.41. The van der Waals surface area contributed by atoms with Gasteiger partial charge in [-0.25, -0.2) is 9.97 Å². The lowest BCUT2D eigenvalue weighted by molar-refractivity contribution is 0.579. The first-order chi connectivity index (χ1) is 12.8. The number of nitrogens with zero attached hydrogens (tertiary/aromatic N) is 4. The lowest BCUT2D eigenvalue weighted by Crippen LogP contribution is -2.05. The predicted octanol–water partition coefficient (Wildman–Crippen LogP) is 4.23. The van der Waals surface area contributed by atoms with Crippen LogP contribution in [-0.2, 0) is 0 Å². The Morgan fingerprint density at radius 2 is 1.69 bits per heavy atom. The van der Waals surface area contributed by atoms with Crippen molar-refractivity contribution in [2.24, 2.45) is 0 Å². The molecule has 2 aromatic carbocycles. The summed E-state index contributed by atoms with van der Waals surface area (Å²) >= 11 is 0. The first kappa shape index (κ1) is 15.0. The van der Waals surface area contributed by atoms with Crippen molar-refractivity contribution >= 4 is 16.7 Å². The number of fused-ring (bicyclic) bond motifs is 1. The summed E-state index contributed by atoms with van der Waals surface area (Å²) < 4.78 is 5.85. The van der Waals surface area contributed by atoms with Gasteiger partial charge in [0.25, 0.3) is 5.89 Å². The molecule has 1 aliphatic rings. The zero-order chi connectivity index (χ0) is 17.5. The quantitative estimate of drug-likeness (QED) is 0.597. The van der Waals surface area contributed by atoms with E-state index in [-0.39, 0.29) is 0 Å². The molecule has 0 aliphatic heterocycles. The van der Waals surface area contributed by atoms with Crippen molar-refractivity contribution in [3.8, 4) is 23.2 Å². The van der Waals surface area contributed by atoms with Gasteiger partial charge < -0.3 is 9.73 Å². The molecule has 0 radical (unpaired) electrons. The summed E-state index contributed by atoms with van der Waals surface area (Å²) in [4.78, 5) is 9.26. The van der Waals surface area contributed by atoms with Gasteiger partial charge >= 0.3 is 0 Å². The number of hydrogen-bond donors (Lipinski definition) is 1. The summed E-state index contributed by atoms with van der Waals surface area (Å²) in [6.45, 7) is 2.04. The maximum absolute atomic E-state index is 5.85. The van der Waals surface area contributed by atoms with Crippen molar-refractivity contribution < 1.29 is 4.42 Å². The maximum atomic E-state index is 5.85. The fourth-order valence-electron chi connectivity index (χ4n) is 2.83. The molecular weight excluding hydrogens is 326 g/mol. The van der Waals surface area contributed by atoms with Crippen LogP contribution < -0.4 is 5.32 Å². The molecule has 2 aromatic heterocycles. The molecule has 1 aliphatic carbocycles. The zero-order valence-electron chi connectivity index (χ0n) is 14.3. The second kappa shape index (κ2) is 5.91. The van der Waals surface area contributed by atoms with Crippen LogP contribution >= 0.6 is 0 Å². The van der Waals surface area contributed by atoms with Crippen LogP contribution in [0, 0.1) is 6.92 Å². The van der Waals surface area contributed by atoms with Crippen LogP contribution in [-0.4, -0.2) is 26.2 Å². The zero-order valence-corrected chi connectivity index (χ0v) is 14.3. The van der Waals surface area contributed by atoms with E-state index in [0.717, 1.165) is 22.3 Å². The highest BCUT2D eigenvalue weighted by Gasteiger charge is 2.23. The molecule has 0 amide bonds. The monoisotopic (exact) mass is 343 g/mol. The van der Waals surface area contributed by atoms with Gasteiger partial charge in [-0.1, -0.05) is 29.8 Å². The van der Waals surface area contributed by atoms with E-state index < -0.39 is 0 Å². The smallest absolute Gasteiger partial charge is 0.286 e. The predicted molar refractivity (Wildman–Crippen MR) is 99.6 cm³/mol. The summed E-state index contributed by atoms with van der Waals surface area (Å²) in [5.74, 6) is 2.06. The molecule has 1 fully saturated rings. The molecule has 0 atom stereocenters. The van der Waals surface area contributed by atoms with Crippen molar-refractivity contribution in [1.29, 1.82) is 0 Å². The Morgan fingerprint density at radius 3 is 2.50 bits per heavy atom. The van der Waals surface area contributed by atoms with Gasteiger partial charge in [-0.15, -0.1) is 10.2 Å². The first-order valence-electron chi connectivity index (χ1n) is 8.70. The topological polar surface area (TPSA) is 76.7 Å². The number of aromatic nitrogens is 4. The molecule has 1 N–H and O–H groups in total. The van der Waals surface area contributed by atoms with E-state index in [9.17, 15) is 0 Å². The summed E-state index contributed by atoms with van der Waals surface area (Å²) in [6.07, 6.45) is 2.34. The van der Waals surface area contributed by atoms with E-state index in [1.54, 1.807) is 0 Å². The summed E-state index contributed by atoms with van der Waals surface area (Å²) in [5, 5.41) is 12.8. The second-order valence-electron chi connectivity index (χ2n) is 6.61. The SMILES string of the molecule is Cc1ccc(-c2nnc(-c3nc(NC4CC4)c4ccccc4n3)o2)cc1. The van der Waals surface area contributed by atoms with Crippen molar-refractivity contribution in [2.45, 2.75) is 25.8 Å². The van der Waals surface area contributed by atoms with E-state index in [0.29, 0.717) is 23.6 Å². The lowest BCUT2D eigenvalue weighted by atomic mass is 10.1. The molecule has 1 saturated carbocycles. The van der Waals surface area contributed by atoms with Gasteiger partial charge in [0.2, 0.25) is 11.7 Å². The van der Waals surface area contributed by atoms with E-state index in [1.807, 2.05) is 55.5 Å². The number of aryl methyl sites for hydroxylation is 1. The van der Waals surface area contributed by atoms with Crippen LogP contribution in [0.25, 0.3) is 34.1 Å². The van der Waals surface area contributed by atoms with E-state index in [4.69, 9.17) is 4.42 Å². The Morgan fingerprint density at radius 1 is 0.923 bits per heavy atom. The summed E-state index contributed by atoms with van der Waals surface area (Å²) in [7, 11) is 0. The first-order valence-corrected chi connectivity index (χ1v) is 8.70. The highest BCUT2D eigenvalue weighted by atomic mass is 16.4. The molecule has 2 heterocycles. The highest BCUT2D eigenvalue weighted by Crippen LogP contribution is 2.30. The number of rotatable bonds is 4. The molecule has 6 nitrogen and oxygen atoms in total. The van der Waals surface area contributed by atoms with Gasteiger partial charge in [0.1, 0.15) is 5.82 Å². The Balaban J connectivity index is 1.57. The van der Waals surface area contributed by atoms with Gasteiger partial charge in [0.15, 0.2) is 0 Å². The Labute approximate surface area is 150 Å². The number of anilines is 1. The third kappa shape index (κ3) is 2.79. The summed E-state index contributed by atoms with van der Waals surface area (Å²) in [6, 6.07) is 16.4. The maximum Gasteiger partial charge on any atom is 0.286 e. The van der Waals surface area contributed by atoms with Crippen LogP contribution in [0.4, 0.5) is 5.82 Å². The van der Waals surface area contributed by atoms with E-state index >= 15 is 0 Å². The van der Waals surface area contributed by atoms with Crippen molar-refractivity contribution in [1.82, 2.24) is 20.2 Å². The standard InChI is InChI=1S/C20H17N5O/c1-12-6-8-13(9-7-12)19-24-25-20(26-19)18-22-16-5-3-2-4-15(16)17(23-18)21-14-10-11-14/h2-9,14H,10-11H2,1H3,(H,21,22,23). The molecular formula is C20H17N5O. The largest absolute Gasteiger partial charge is 0.413 e. The highest BCUT2D eigenvalue weighted by molar-refractivity contribution is 5.90. The Bertz CT molecular complexity index is 1080. The normalized spacial score (nSPS) is 13.9. The molecule has 6 heteroatoms. The number of nitrogens with one attached hydrogen (secondary N) is 1. The lowest BCUT2D eigenvalue weighted by Gasteiger charge is -2.08. The van der Waals surface area contributed by atoms with Crippen LogP contribution in [0.3, 0.4) is 0 Å². The van der Waals surface area contributed by atoms with Gasteiger partial charge in [-0.05, 0) is 44.0 Å². The second-order valence-corrected chi connectivity index (χ2v) is 6.61. The van der Waals surface area contributed by atoms with Gasteiger partial charge in [0.05, 0.1) is 5.52 Å². The third-order valence-electron chi connectivity index (χ3n) is 4.44. The number of benzene rings is 2.